The van der Waals surface area contributed by atoms with Crippen molar-refractivity contribution in [2.75, 3.05) is 0 Å². The Morgan fingerprint density at radius 3 is 1.80 bits per heavy atom. The maximum atomic E-state index is 11.3. The van der Waals surface area contributed by atoms with Crippen LogP contribution in [0.4, 0.5) is 22.7 Å². The molecule has 0 atom stereocenters. The van der Waals surface area contributed by atoms with Crippen LogP contribution in [-0.2, 0) is 0 Å². The van der Waals surface area contributed by atoms with Crippen LogP contribution in [-0.4, -0.2) is 20.5 Å². The molecule has 1 heterocycles. The van der Waals surface area contributed by atoms with Crippen molar-refractivity contribution < 1.29 is 14.8 Å². The summed E-state index contributed by atoms with van der Waals surface area (Å²) in [5, 5.41) is 33.4. The van der Waals surface area contributed by atoms with Crippen molar-refractivity contribution in [3.05, 3.63) is 102 Å². The molecule has 0 radical (unpaired) electrons. The number of aliphatic imine (C=N–C) groups is 1. The van der Waals surface area contributed by atoms with Crippen LogP contribution in [0.2, 0.25) is 0 Å². The summed E-state index contributed by atoms with van der Waals surface area (Å²) in [7, 11) is 0. The predicted octanol–water partition coefficient (Wildman–Crippen LogP) is 5.04. The fourth-order valence-electron chi connectivity index (χ4n) is 2.96. The lowest BCUT2D eigenvalue weighted by Gasteiger charge is -2.09. The number of nitro benzene ring substituents is 3. The van der Waals surface area contributed by atoms with E-state index < -0.39 is 14.8 Å². The van der Waals surface area contributed by atoms with Crippen molar-refractivity contribution in [1.29, 1.82) is 0 Å². The van der Waals surface area contributed by atoms with E-state index >= 15 is 0 Å². The molecule has 0 aromatic heterocycles. The van der Waals surface area contributed by atoms with Crippen molar-refractivity contribution in [3.63, 3.8) is 0 Å². The first-order chi connectivity index (χ1) is 14.3. The van der Waals surface area contributed by atoms with Gasteiger partial charge in [-0.05, 0) is 24.3 Å². The Kier molecular flexibility index (Phi) is 4.72. The first-order valence-electron chi connectivity index (χ1n) is 8.42. The van der Waals surface area contributed by atoms with Crippen molar-refractivity contribution in [3.8, 4) is 0 Å². The van der Waals surface area contributed by atoms with Crippen LogP contribution < -0.4 is 0 Å². The topological polar surface area (TPSA) is 142 Å². The maximum Gasteiger partial charge on any atom is 0.271 e. The van der Waals surface area contributed by atoms with Gasteiger partial charge in [-0.3, -0.25) is 30.3 Å². The van der Waals surface area contributed by atoms with Gasteiger partial charge in [-0.1, -0.05) is 11.8 Å². The molecule has 1 aliphatic heterocycles. The van der Waals surface area contributed by atoms with Crippen molar-refractivity contribution in [2.45, 2.75) is 9.79 Å². The van der Waals surface area contributed by atoms with Crippen LogP contribution in [0, 0.1) is 30.3 Å². The molecule has 0 spiro atoms. The summed E-state index contributed by atoms with van der Waals surface area (Å²) >= 11 is 1.28. The molecule has 0 amide bonds. The second-order valence-electron chi connectivity index (χ2n) is 6.21. The Labute approximate surface area is 172 Å². The predicted molar refractivity (Wildman–Crippen MR) is 109 cm³/mol. The lowest BCUT2D eigenvalue weighted by molar-refractivity contribution is -0.385. The lowest BCUT2D eigenvalue weighted by atomic mass is 10.0. The molecule has 148 valence electrons. The fourth-order valence-corrected chi connectivity index (χ4v) is 3.94. The molecule has 0 aliphatic carbocycles. The van der Waals surface area contributed by atoms with Gasteiger partial charge in [-0.25, -0.2) is 4.99 Å². The monoisotopic (exact) mass is 422 g/mol. The number of non-ortho nitro benzene ring substituents is 3. The van der Waals surface area contributed by atoms with Crippen LogP contribution in [0.3, 0.4) is 0 Å². The molecule has 0 bridgehead atoms. The average molecular weight is 422 g/mol. The van der Waals surface area contributed by atoms with Crippen molar-refractivity contribution in [2.24, 2.45) is 4.99 Å². The molecule has 1 aliphatic rings. The number of nitro groups is 3. The molecule has 0 saturated carbocycles. The Morgan fingerprint density at radius 2 is 1.20 bits per heavy atom. The summed E-state index contributed by atoms with van der Waals surface area (Å²) in [5.74, 6) is 0. The van der Waals surface area contributed by atoms with E-state index in [0.717, 1.165) is 0 Å². The second kappa shape index (κ2) is 7.37. The highest BCUT2D eigenvalue weighted by atomic mass is 32.2. The molecule has 10 nitrogen and oxygen atoms in total. The van der Waals surface area contributed by atoms with Gasteiger partial charge in [0.2, 0.25) is 0 Å². The second-order valence-corrected chi connectivity index (χ2v) is 7.30. The Hall–Kier alpha value is -4.12. The van der Waals surface area contributed by atoms with Gasteiger partial charge in [0.05, 0.1) is 26.2 Å². The summed E-state index contributed by atoms with van der Waals surface area (Å²) in [6.07, 6.45) is 0. The molecule has 0 N–H and O–H groups in total. The summed E-state index contributed by atoms with van der Waals surface area (Å²) in [4.78, 5) is 37.7. The third-order valence-electron chi connectivity index (χ3n) is 4.39. The number of benzene rings is 3. The first-order valence-corrected chi connectivity index (χ1v) is 9.24. The largest absolute Gasteiger partial charge is 0.271 e. The zero-order chi connectivity index (χ0) is 21.4. The molecule has 0 saturated heterocycles. The highest BCUT2D eigenvalue weighted by Gasteiger charge is 2.23. The summed E-state index contributed by atoms with van der Waals surface area (Å²) in [6, 6.07) is 14.2. The Bertz CT molecular complexity index is 1260. The van der Waals surface area contributed by atoms with Gasteiger partial charge in [0.25, 0.3) is 17.1 Å². The Balaban J connectivity index is 1.96. The van der Waals surface area contributed by atoms with Crippen LogP contribution in [0.5, 0.6) is 0 Å². The molecular weight excluding hydrogens is 412 g/mol. The van der Waals surface area contributed by atoms with Crippen molar-refractivity contribution in [1.82, 2.24) is 0 Å². The first kappa shape index (κ1) is 19.2. The fraction of sp³-hybridized carbons (Fsp3) is 0. The molecule has 4 rings (SSSR count). The summed E-state index contributed by atoms with van der Waals surface area (Å²) in [6.45, 7) is 0. The van der Waals surface area contributed by atoms with Gasteiger partial charge >= 0.3 is 0 Å². The highest BCUT2D eigenvalue weighted by molar-refractivity contribution is 7.99. The number of nitrogens with zero attached hydrogens (tertiary/aromatic N) is 4. The molecule has 0 fully saturated rings. The molecular formula is C19H10N4O6S. The SMILES string of the molecule is O=[N+]([O-])c1ccc(C2=Nc3cc([N+](=O)[O-])ccc3Sc3ccc([N+](=O)[O-])cc32)cc1. The molecule has 3 aromatic rings. The minimum Gasteiger partial charge on any atom is -0.258 e. The van der Waals surface area contributed by atoms with E-state index in [1.807, 2.05) is 0 Å². The number of rotatable bonds is 4. The third-order valence-corrected chi connectivity index (χ3v) is 5.53. The number of fused-ring (bicyclic) bond motifs is 2. The summed E-state index contributed by atoms with van der Waals surface area (Å²) < 4.78 is 0. The van der Waals surface area contributed by atoms with E-state index in [4.69, 9.17) is 0 Å². The van der Waals surface area contributed by atoms with Gasteiger partial charge in [0.1, 0.15) is 0 Å². The van der Waals surface area contributed by atoms with Crippen LogP contribution in [0.15, 0.2) is 75.4 Å². The molecule has 0 unspecified atom stereocenters. The number of hydrogen-bond acceptors (Lipinski definition) is 8. The van der Waals surface area contributed by atoms with E-state index in [1.54, 1.807) is 12.1 Å². The minimum absolute atomic E-state index is 0.113. The highest BCUT2D eigenvalue weighted by Crippen LogP contribution is 2.43. The molecule has 11 heteroatoms. The van der Waals surface area contributed by atoms with E-state index in [1.165, 1.54) is 60.3 Å². The van der Waals surface area contributed by atoms with E-state index in [-0.39, 0.29) is 17.1 Å². The molecule has 30 heavy (non-hydrogen) atoms. The molecule has 3 aromatic carbocycles. The lowest BCUT2D eigenvalue weighted by Crippen LogP contribution is -2.05. The third kappa shape index (κ3) is 3.49. The van der Waals surface area contributed by atoms with Crippen molar-refractivity contribution >= 4 is 40.2 Å². The van der Waals surface area contributed by atoms with Gasteiger partial charge in [-0.15, -0.1) is 0 Å². The summed E-state index contributed by atoms with van der Waals surface area (Å²) in [5.41, 5.74) is 1.22. The van der Waals surface area contributed by atoms with Gasteiger partial charge < -0.3 is 0 Å². The van der Waals surface area contributed by atoms with E-state index in [9.17, 15) is 30.3 Å². The van der Waals surface area contributed by atoms with Gasteiger partial charge in [0.15, 0.2) is 0 Å². The van der Waals surface area contributed by atoms with Gasteiger partial charge in [-0.2, -0.15) is 0 Å². The average Bonchev–Trinajstić information content (AvgIpc) is 2.89. The normalized spacial score (nSPS) is 12.2. The zero-order valence-corrected chi connectivity index (χ0v) is 15.7. The smallest absolute Gasteiger partial charge is 0.258 e. The van der Waals surface area contributed by atoms with Crippen LogP contribution >= 0.6 is 11.8 Å². The standard InChI is InChI=1S/C19H10N4O6S/c24-21(25)12-3-1-11(2-4-12)19-15-9-13(22(26)27)5-7-17(15)30-18-8-6-14(23(28)29)10-16(18)20-19/h1-10H. The zero-order valence-electron chi connectivity index (χ0n) is 14.9. The minimum atomic E-state index is -0.536. The number of hydrogen-bond donors (Lipinski definition) is 0. The maximum absolute atomic E-state index is 11.3. The quantitative estimate of drug-likeness (QED) is 0.331. The van der Waals surface area contributed by atoms with E-state index in [2.05, 4.69) is 4.99 Å². The van der Waals surface area contributed by atoms with Gasteiger partial charge in [0, 0.05) is 57.3 Å². The van der Waals surface area contributed by atoms with Crippen LogP contribution in [0.1, 0.15) is 11.1 Å². The van der Waals surface area contributed by atoms with Crippen LogP contribution in [0.25, 0.3) is 0 Å². The van der Waals surface area contributed by atoms with E-state index in [0.29, 0.717) is 32.3 Å². The Morgan fingerprint density at radius 1 is 0.667 bits per heavy atom.